The minimum Gasteiger partial charge on any atom is -0.369 e. The molecule has 0 radical (unpaired) electrons. The van der Waals surface area contributed by atoms with Crippen molar-refractivity contribution in [1.82, 2.24) is 5.32 Å². The van der Waals surface area contributed by atoms with Crippen LogP contribution in [0, 0.1) is 10.5 Å². The van der Waals surface area contributed by atoms with Crippen LogP contribution in [0.5, 0.6) is 0 Å². The molecule has 1 N–H and O–H groups in total. The first-order valence-corrected chi connectivity index (χ1v) is 7.06. The number of anilines is 1. The van der Waals surface area contributed by atoms with Crippen molar-refractivity contribution < 1.29 is 0 Å². The summed E-state index contributed by atoms with van der Waals surface area (Å²) in [5.74, 6) is 0. The minimum atomic E-state index is 0.422. The highest BCUT2D eigenvalue weighted by Gasteiger charge is 2.14. The molecule has 18 heavy (non-hydrogen) atoms. The van der Waals surface area contributed by atoms with Crippen LogP contribution >= 0.6 is 22.6 Å². The van der Waals surface area contributed by atoms with Gasteiger partial charge in [-0.05, 0) is 58.3 Å². The summed E-state index contributed by atoms with van der Waals surface area (Å²) >= 11 is 2.35. The normalized spacial score (nSPS) is 15.3. The Kier molecular flexibility index (Phi) is 4.68. The van der Waals surface area contributed by atoms with Gasteiger partial charge in [0.25, 0.3) is 0 Å². The molecule has 0 atom stereocenters. The summed E-state index contributed by atoms with van der Waals surface area (Å²) in [6.45, 7) is 6.68. The third-order valence-electron chi connectivity index (χ3n) is 3.15. The molecule has 0 aliphatic carbocycles. The summed E-state index contributed by atoms with van der Waals surface area (Å²) in [4.78, 5) is 5.22. The van der Waals surface area contributed by atoms with Gasteiger partial charge in [0.15, 0.2) is 0 Å². The molecule has 1 heterocycles. The average molecular weight is 357 g/mol. The number of azide groups is 1. The van der Waals surface area contributed by atoms with Gasteiger partial charge in [-0.15, -0.1) is 0 Å². The quantitative estimate of drug-likeness (QED) is 0.391. The summed E-state index contributed by atoms with van der Waals surface area (Å²) in [5, 5.41) is 7.00. The molecule has 0 aromatic heterocycles. The van der Waals surface area contributed by atoms with Crippen molar-refractivity contribution in [1.29, 1.82) is 0 Å². The Morgan fingerprint density at radius 2 is 2.17 bits per heavy atom. The van der Waals surface area contributed by atoms with Gasteiger partial charge in [-0.2, -0.15) is 0 Å². The van der Waals surface area contributed by atoms with E-state index < -0.39 is 0 Å². The Hall–Kier alpha value is -0.980. The fourth-order valence-corrected chi connectivity index (χ4v) is 2.83. The van der Waals surface area contributed by atoms with Crippen LogP contribution in [0.3, 0.4) is 0 Å². The minimum absolute atomic E-state index is 0.422. The maximum absolute atomic E-state index is 8.41. The molecule has 1 fully saturated rings. The molecule has 1 aromatic carbocycles. The molecule has 1 aliphatic heterocycles. The molecule has 0 amide bonds. The molecule has 2 rings (SSSR count). The molecule has 0 spiro atoms. The van der Waals surface area contributed by atoms with Gasteiger partial charge in [0.1, 0.15) is 0 Å². The number of nitrogens with one attached hydrogen (secondary N) is 1. The Morgan fingerprint density at radius 1 is 1.44 bits per heavy atom. The summed E-state index contributed by atoms with van der Waals surface area (Å²) in [6, 6.07) is 4.24. The van der Waals surface area contributed by atoms with E-state index in [1.165, 1.54) is 14.8 Å². The van der Waals surface area contributed by atoms with E-state index in [1.807, 2.05) is 0 Å². The van der Waals surface area contributed by atoms with Crippen molar-refractivity contribution in [3.63, 3.8) is 0 Å². The zero-order chi connectivity index (χ0) is 13.0. The second kappa shape index (κ2) is 6.26. The first-order chi connectivity index (χ1) is 8.72. The van der Waals surface area contributed by atoms with Gasteiger partial charge in [0.05, 0.1) is 6.54 Å². The number of hydrogen-bond acceptors (Lipinski definition) is 3. The predicted molar refractivity (Wildman–Crippen MR) is 81.8 cm³/mol. The summed E-state index contributed by atoms with van der Waals surface area (Å²) in [5.41, 5.74) is 12.1. The van der Waals surface area contributed by atoms with Crippen LogP contribution in [-0.2, 0) is 6.54 Å². The van der Waals surface area contributed by atoms with Gasteiger partial charge < -0.3 is 10.2 Å². The number of piperazine rings is 1. The van der Waals surface area contributed by atoms with Crippen molar-refractivity contribution in [2.24, 2.45) is 5.11 Å². The Morgan fingerprint density at radius 3 is 2.83 bits per heavy atom. The molecule has 0 bridgehead atoms. The van der Waals surface area contributed by atoms with E-state index in [2.05, 4.69) is 61.9 Å². The highest BCUT2D eigenvalue weighted by Crippen LogP contribution is 2.27. The zero-order valence-electron chi connectivity index (χ0n) is 10.4. The van der Waals surface area contributed by atoms with E-state index in [1.54, 1.807) is 0 Å². The molecule has 6 heteroatoms. The number of benzene rings is 1. The summed E-state index contributed by atoms with van der Waals surface area (Å²) < 4.78 is 1.23. The van der Waals surface area contributed by atoms with Crippen molar-refractivity contribution in [2.75, 3.05) is 31.1 Å². The van der Waals surface area contributed by atoms with Crippen LogP contribution in [-0.4, -0.2) is 26.2 Å². The third-order valence-corrected chi connectivity index (χ3v) is 4.27. The number of hydrogen-bond donors (Lipinski definition) is 1. The lowest BCUT2D eigenvalue weighted by Gasteiger charge is -2.31. The van der Waals surface area contributed by atoms with Crippen LogP contribution in [0.1, 0.15) is 11.1 Å². The molecular weight excluding hydrogens is 341 g/mol. The van der Waals surface area contributed by atoms with E-state index in [0.717, 1.165) is 31.7 Å². The standard InChI is InChI=1S/C12H16IN5/c1-9-11(13)6-10(8-16-17-14)7-12(9)18-4-2-15-3-5-18/h6-7,15H,2-5,8H2,1H3. The highest BCUT2D eigenvalue weighted by molar-refractivity contribution is 14.1. The molecular formula is C12H16IN5. The Labute approximate surface area is 120 Å². The second-order valence-electron chi connectivity index (χ2n) is 4.35. The lowest BCUT2D eigenvalue weighted by Crippen LogP contribution is -2.43. The fourth-order valence-electron chi connectivity index (χ4n) is 2.16. The molecule has 0 unspecified atom stereocenters. The maximum Gasteiger partial charge on any atom is 0.0512 e. The smallest absolute Gasteiger partial charge is 0.0512 e. The first kappa shape index (κ1) is 13.5. The summed E-state index contributed by atoms with van der Waals surface area (Å²) in [6.07, 6.45) is 0. The SMILES string of the molecule is Cc1c(I)cc(CN=[N+]=[N-])cc1N1CCNCC1. The monoisotopic (exact) mass is 357 g/mol. The van der Waals surface area contributed by atoms with Crippen molar-refractivity contribution in [2.45, 2.75) is 13.5 Å². The maximum atomic E-state index is 8.41. The Balaban J connectivity index is 2.31. The predicted octanol–water partition coefficient (Wildman–Crippen LogP) is 2.82. The van der Waals surface area contributed by atoms with E-state index in [9.17, 15) is 0 Å². The van der Waals surface area contributed by atoms with E-state index >= 15 is 0 Å². The van der Waals surface area contributed by atoms with Gasteiger partial charge in [-0.1, -0.05) is 5.11 Å². The van der Waals surface area contributed by atoms with Gasteiger partial charge in [-0.3, -0.25) is 0 Å². The largest absolute Gasteiger partial charge is 0.369 e. The molecule has 1 aliphatic rings. The number of nitrogens with zero attached hydrogens (tertiary/aromatic N) is 4. The lowest BCUT2D eigenvalue weighted by molar-refractivity contribution is 0.588. The number of halogens is 1. The van der Waals surface area contributed by atoms with Crippen molar-refractivity contribution >= 4 is 28.3 Å². The number of rotatable bonds is 3. The van der Waals surface area contributed by atoms with Crippen LogP contribution in [0.2, 0.25) is 0 Å². The van der Waals surface area contributed by atoms with Crippen molar-refractivity contribution in [3.05, 3.63) is 37.3 Å². The van der Waals surface area contributed by atoms with Gasteiger partial charge in [0, 0.05) is 40.3 Å². The molecule has 1 aromatic rings. The topological polar surface area (TPSA) is 64.0 Å². The van der Waals surface area contributed by atoms with Crippen LogP contribution < -0.4 is 10.2 Å². The van der Waals surface area contributed by atoms with Crippen LogP contribution in [0.25, 0.3) is 10.4 Å². The highest BCUT2D eigenvalue weighted by atomic mass is 127. The lowest BCUT2D eigenvalue weighted by atomic mass is 10.1. The van der Waals surface area contributed by atoms with Gasteiger partial charge in [0.2, 0.25) is 0 Å². The van der Waals surface area contributed by atoms with Crippen LogP contribution in [0.4, 0.5) is 5.69 Å². The van der Waals surface area contributed by atoms with E-state index in [4.69, 9.17) is 5.53 Å². The second-order valence-corrected chi connectivity index (χ2v) is 5.51. The average Bonchev–Trinajstić information content (AvgIpc) is 2.41. The molecule has 0 saturated carbocycles. The van der Waals surface area contributed by atoms with E-state index in [0.29, 0.717) is 6.54 Å². The first-order valence-electron chi connectivity index (χ1n) is 5.98. The molecule has 5 nitrogen and oxygen atoms in total. The van der Waals surface area contributed by atoms with Crippen molar-refractivity contribution in [3.8, 4) is 0 Å². The van der Waals surface area contributed by atoms with Gasteiger partial charge >= 0.3 is 0 Å². The molecule has 1 saturated heterocycles. The fraction of sp³-hybridized carbons (Fsp3) is 0.500. The van der Waals surface area contributed by atoms with Gasteiger partial charge in [-0.25, -0.2) is 0 Å². The Bertz CT molecular complexity index is 476. The molecule has 96 valence electrons. The summed E-state index contributed by atoms with van der Waals surface area (Å²) in [7, 11) is 0. The van der Waals surface area contributed by atoms with E-state index in [-0.39, 0.29) is 0 Å². The third kappa shape index (κ3) is 3.07. The zero-order valence-corrected chi connectivity index (χ0v) is 12.5. The van der Waals surface area contributed by atoms with Crippen LogP contribution in [0.15, 0.2) is 17.2 Å².